The molecule has 1 aromatic rings. The van der Waals surface area contributed by atoms with Gasteiger partial charge in [-0.2, -0.15) is 0 Å². The average molecular weight is 162 g/mol. The molecule has 0 saturated heterocycles. The van der Waals surface area contributed by atoms with Crippen molar-refractivity contribution in [2.24, 2.45) is 5.73 Å². The molecule has 12 heavy (non-hydrogen) atoms. The number of pyridine rings is 1. The summed E-state index contributed by atoms with van der Waals surface area (Å²) in [6.45, 7) is 3.65. The van der Waals surface area contributed by atoms with Gasteiger partial charge in [0.15, 0.2) is 0 Å². The molecule has 0 fully saturated rings. The van der Waals surface area contributed by atoms with Crippen LogP contribution in [0.3, 0.4) is 0 Å². The number of hydrogen-bond donors (Lipinski definition) is 1. The van der Waals surface area contributed by atoms with Gasteiger partial charge in [0.25, 0.3) is 0 Å². The van der Waals surface area contributed by atoms with Crippen molar-refractivity contribution in [2.75, 3.05) is 0 Å². The first kappa shape index (κ1) is 8.94. The van der Waals surface area contributed by atoms with Gasteiger partial charge in [0.1, 0.15) is 0 Å². The highest BCUT2D eigenvalue weighted by Gasteiger charge is 2.03. The van der Waals surface area contributed by atoms with Gasteiger partial charge in [0.2, 0.25) is 0 Å². The van der Waals surface area contributed by atoms with Crippen molar-refractivity contribution < 1.29 is 0 Å². The SMILES string of the molecule is C=CCC[C@@H](N)c1ccccn1. The summed E-state index contributed by atoms with van der Waals surface area (Å²) < 4.78 is 0. The van der Waals surface area contributed by atoms with Gasteiger partial charge in [0.05, 0.1) is 5.69 Å². The molecule has 0 amide bonds. The van der Waals surface area contributed by atoms with Crippen molar-refractivity contribution in [2.45, 2.75) is 18.9 Å². The second-order valence-corrected chi connectivity index (χ2v) is 2.73. The molecule has 0 aliphatic rings. The molecule has 0 spiro atoms. The third-order valence-electron chi connectivity index (χ3n) is 1.75. The van der Waals surface area contributed by atoms with E-state index in [1.165, 1.54) is 0 Å². The maximum atomic E-state index is 5.87. The highest BCUT2D eigenvalue weighted by atomic mass is 14.8. The summed E-state index contributed by atoms with van der Waals surface area (Å²) in [7, 11) is 0. The molecule has 1 aromatic heterocycles. The van der Waals surface area contributed by atoms with Crippen molar-refractivity contribution in [3.8, 4) is 0 Å². The molecule has 2 heteroatoms. The van der Waals surface area contributed by atoms with E-state index in [1.807, 2.05) is 24.3 Å². The van der Waals surface area contributed by atoms with Crippen LogP contribution in [0.4, 0.5) is 0 Å². The fourth-order valence-corrected chi connectivity index (χ4v) is 1.04. The Morgan fingerprint density at radius 1 is 1.58 bits per heavy atom. The van der Waals surface area contributed by atoms with Gasteiger partial charge in [0, 0.05) is 12.2 Å². The zero-order chi connectivity index (χ0) is 8.81. The van der Waals surface area contributed by atoms with Gasteiger partial charge in [-0.25, -0.2) is 0 Å². The molecular formula is C10H14N2. The molecule has 1 atom stereocenters. The van der Waals surface area contributed by atoms with E-state index < -0.39 is 0 Å². The Labute approximate surface area is 73.1 Å². The highest BCUT2D eigenvalue weighted by molar-refractivity contribution is 5.07. The van der Waals surface area contributed by atoms with Crippen molar-refractivity contribution in [1.82, 2.24) is 4.98 Å². The van der Waals surface area contributed by atoms with Gasteiger partial charge in [-0.1, -0.05) is 12.1 Å². The van der Waals surface area contributed by atoms with E-state index in [9.17, 15) is 0 Å². The molecule has 2 N–H and O–H groups in total. The average Bonchev–Trinajstić information content (AvgIpc) is 2.15. The summed E-state index contributed by atoms with van der Waals surface area (Å²) in [5.41, 5.74) is 6.83. The Balaban J connectivity index is 2.53. The predicted octanol–water partition coefficient (Wildman–Crippen LogP) is 2.05. The Hall–Kier alpha value is -1.15. The van der Waals surface area contributed by atoms with Crippen LogP contribution in [0.15, 0.2) is 37.1 Å². The molecule has 64 valence electrons. The van der Waals surface area contributed by atoms with Gasteiger partial charge in [-0.3, -0.25) is 4.98 Å². The monoisotopic (exact) mass is 162 g/mol. The second kappa shape index (κ2) is 4.67. The van der Waals surface area contributed by atoms with Crippen LogP contribution >= 0.6 is 0 Å². The Morgan fingerprint density at radius 2 is 2.42 bits per heavy atom. The first-order valence-electron chi connectivity index (χ1n) is 4.12. The second-order valence-electron chi connectivity index (χ2n) is 2.73. The number of nitrogens with two attached hydrogens (primary N) is 1. The van der Waals surface area contributed by atoms with Crippen LogP contribution in [0, 0.1) is 0 Å². The lowest BCUT2D eigenvalue weighted by Gasteiger charge is -2.08. The smallest absolute Gasteiger partial charge is 0.0571 e. The summed E-state index contributed by atoms with van der Waals surface area (Å²) in [5.74, 6) is 0. The molecule has 0 bridgehead atoms. The summed E-state index contributed by atoms with van der Waals surface area (Å²) in [6.07, 6.45) is 5.50. The van der Waals surface area contributed by atoms with Crippen molar-refractivity contribution in [3.63, 3.8) is 0 Å². The normalized spacial score (nSPS) is 12.4. The minimum atomic E-state index is 0.0456. The summed E-state index contributed by atoms with van der Waals surface area (Å²) in [5, 5.41) is 0. The molecular weight excluding hydrogens is 148 g/mol. The Kier molecular flexibility index (Phi) is 3.48. The minimum absolute atomic E-state index is 0.0456. The maximum Gasteiger partial charge on any atom is 0.0571 e. The van der Waals surface area contributed by atoms with E-state index in [1.54, 1.807) is 6.20 Å². The van der Waals surface area contributed by atoms with E-state index in [2.05, 4.69) is 11.6 Å². The highest BCUT2D eigenvalue weighted by Crippen LogP contribution is 2.12. The predicted molar refractivity (Wildman–Crippen MR) is 50.6 cm³/mol. The summed E-state index contributed by atoms with van der Waals surface area (Å²) in [6, 6.07) is 5.84. The van der Waals surface area contributed by atoms with Gasteiger partial charge < -0.3 is 5.73 Å². The Bertz CT molecular complexity index is 231. The minimum Gasteiger partial charge on any atom is -0.323 e. The van der Waals surface area contributed by atoms with Crippen LogP contribution in [0.1, 0.15) is 24.6 Å². The number of nitrogens with zero attached hydrogens (tertiary/aromatic N) is 1. The number of rotatable bonds is 4. The molecule has 2 nitrogen and oxygen atoms in total. The van der Waals surface area contributed by atoms with Gasteiger partial charge in [-0.15, -0.1) is 6.58 Å². The topological polar surface area (TPSA) is 38.9 Å². The standard InChI is InChI=1S/C10H14N2/c1-2-3-6-9(11)10-7-4-5-8-12-10/h2,4-5,7-9H,1,3,6,11H2/t9-/m1/s1. The van der Waals surface area contributed by atoms with E-state index in [0.29, 0.717) is 0 Å². The van der Waals surface area contributed by atoms with Gasteiger partial charge in [-0.05, 0) is 25.0 Å². The molecule has 0 saturated carbocycles. The van der Waals surface area contributed by atoms with Crippen LogP contribution in [-0.2, 0) is 0 Å². The molecule has 0 radical (unpaired) electrons. The van der Waals surface area contributed by atoms with E-state index >= 15 is 0 Å². The molecule has 0 aromatic carbocycles. The first-order chi connectivity index (χ1) is 5.84. The maximum absolute atomic E-state index is 5.87. The zero-order valence-electron chi connectivity index (χ0n) is 7.11. The molecule has 0 unspecified atom stereocenters. The van der Waals surface area contributed by atoms with Crippen LogP contribution in [0.25, 0.3) is 0 Å². The number of allylic oxidation sites excluding steroid dienone is 1. The molecule has 1 heterocycles. The lowest BCUT2D eigenvalue weighted by molar-refractivity contribution is 0.642. The van der Waals surface area contributed by atoms with E-state index in [4.69, 9.17) is 5.73 Å². The van der Waals surface area contributed by atoms with Crippen molar-refractivity contribution in [3.05, 3.63) is 42.7 Å². The quantitative estimate of drug-likeness (QED) is 0.688. The third kappa shape index (κ3) is 2.47. The third-order valence-corrected chi connectivity index (χ3v) is 1.75. The lowest BCUT2D eigenvalue weighted by Crippen LogP contribution is -2.11. The van der Waals surface area contributed by atoms with Crippen molar-refractivity contribution >= 4 is 0 Å². The number of hydrogen-bond acceptors (Lipinski definition) is 2. The summed E-state index contributed by atoms with van der Waals surface area (Å²) in [4.78, 5) is 4.17. The first-order valence-corrected chi connectivity index (χ1v) is 4.12. The Morgan fingerprint density at radius 3 is 3.00 bits per heavy atom. The lowest BCUT2D eigenvalue weighted by atomic mass is 10.1. The van der Waals surface area contributed by atoms with Crippen molar-refractivity contribution in [1.29, 1.82) is 0 Å². The molecule has 1 rings (SSSR count). The van der Waals surface area contributed by atoms with Crippen LogP contribution in [0.5, 0.6) is 0 Å². The number of aromatic nitrogens is 1. The fourth-order valence-electron chi connectivity index (χ4n) is 1.04. The van der Waals surface area contributed by atoms with Gasteiger partial charge >= 0.3 is 0 Å². The van der Waals surface area contributed by atoms with Crippen LogP contribution < -0.4 is 5.73 Å². The fraction of sp³-hybridized carbons (Fsp3) is 0.300. The zero-order valence-corrected chi connectivity index (χ0v) is 7.11. The largest absolute Gasteiger partial charge is 0.323 e. The summed E-state index contributed by atoms with van der Waals surface area (Å²) >= 11 is 0. The van der Waals surface area contributed by atoms with Crippen LogP contribution in [0.2, 0.25) is 0 Å². The van der Waals surface area contributed by atoms with E-state index in [0.717, 1.165) is 18.5 Å². The van der Waals surface area contributed by atoms with Crippen LogP contribution in [-0.4, -0.2) is 4.98 Å². The molecule has 0 aliphatic heterocycles. The molecule has 0 aliphatic carbocycles. The van der Waals surface area contributed by atoms with E-state index in [-0.39, 0.29) is 6.04 Å².